The number of aliphatic carboxylic acids is 1. The van der Waals surface area contributed by atoms with Crippen molar-refractivity contribution in [3.63, 3.8) is 0 Å². The van der Waals surface area contributed by atoms with Crippen LogP contribution in [0.5, 0.6) is 0 Å². The molecule has 5 nitrogen and oxygen atoms in total. The molecule has 0 bridgehead atoms. The van der Waals surface area contributed by atoms with Crippen molar-refractivity contribution < 1.29 is 19.4 Å². The van der Waals surface area contributed by atoms with Gasteiger partial charge in [0.05, 0.1) is 6.61 Å². The Bertz CT molecular complexity index is 181. The molecule has 0 heterocycles. The van der Waals surface area contributed by atoms with Crippen molar-refractivity contribution in [3.8, 4) is 0 Å². The number of carbonyl (C=O) groups is 2. The fourth-order valence-electron chi connectivity index (χ4n) is 0.707. The Morgan fingerprint density at radius 1 is 1.54 bits per heavy atom. The first-order valence-corrected chi connectivity index (χ1v) is 4.22. The molecular formula is C8H15NO4. The lowest BCUT2D eigenvalue weighted by Crippen LogP contribution is -2.32. The predicted octanol–water partition coefficient (Wildman–Crippen LogP) is 0.132. The summed E-state index contributed by atoms with van der Waals surface area (Å²) in [6, 6.07) is -0.817. The van der Waals surface area contributed by atoms with Gasteiger partial charge in [0.15, 0.2) is 0 Å². The molecule has 0 aliphatic rings. The maximum atomic E-state index is 11.0. The highest BCUT2D eigenvalue weighted by atomic mass is 16.5. The first kappa shape index (κ1) is 11.9. The Kier molecular flexibility index (Phi) is 5.88. The van der Waals surface area contributed by atoms with E-state index in [4.69, 9.17) is 15.6 Å². The van der Waals surface area contributed by atoms with Crippen molar-refractivity contribution >= 4 is 11.9 Å². The highest BCUT2D eigenvalue weighted by molar-refractivity contribution is 5.76. The quantitative estimate of drug-likeness (QED) is 0.580. The van der Waals surface area contributed by atoms with E-state index in [1.54, 1.807) is 0 Å². The molecule has 0 saturated heterocycles. The van der Waals surface area contributed by atoms with Crippen molar-refractivity contribution in [1.29, 1.82) is 0 Å². The summed E-state index contributed by atoms with van der Waals surface area (Å²) in [5.41, 5.74) is 5.37. The van der Waals surface area contributed by atoms with Crippen LogP contribution < -0.4 is 5.73 Å². The van der Waals surface area contributed by atoms with Crippen LogP contribution in [0.4, 0.5) is 0 Å². The number of esters is 1. The number of ether oxygens (including phenoxy) is 1. The van der Waals surface area contributed by atoms with Crippen molar-refractivity contribution in [2.45, 2.75) is 32.2 Å². The number of hydrogen-bond acceptors (Lipinski definition) is 4. The summed E-state index contributed by atoms with van der Waals surface area (Å²) in [5.74, 6) is -1.48. The minimum absolute atomic E-state index is 0.109. The largest absolute Gasteiger partial charge is 0.481 e. The standard InChI is InChI=1S/C8H15NO4/c1-2-5-13-8(12)6(9)3-4-7(10)11/h6H,2-5,9H2,1H3,(H,10,11). The van der Waals surface area contributed by atoms with Crippen LogP contribution in [0.25, 0.3) is 0 Å². The monoisotopic (exact) mass is 189 g/mol. The Morgan fingerprint density at radius 2 is 2.15 bits per heavy atom. The summed E-state index contributed by atoms with van der Waals surface area (Å²) in [6.45, 7) is 2.20. The molecule has 0 saturated carbocycles. The van der Waals surface area contributed by atoms with E-state index in [0.717, 1.165) is 6.42 Å². The van der Waals surface area contributed by atoms with E-state index >= 15 is 0 Å². The van der Waals surface area contributed by atoms with Gasteiger partial charge in [-0.15, -0.1) is 0 Å². The predicted molar refractivity (Wildman–Crippen MR) is 46.1 cm³/mol. The van der Waals surface area contributed by atoms with Crippen LogP contribution in [0.2, 0.25) is 0 Å². The van der Waals surface area contributed by atoms with Crippen LogP contribution in [-0.2, 0) is 14.3 Å². The zero-order valence-corrected chi connectivity index (χ0v) is 7.66. The number of carbonyl (C=O) groups excluding carboxylic acids is 1. The first-order chi connectivity index (χ1) is 6.07. The molecule has 0 rings (SSSR count). The molecule has 76 valence electrons. The van der Waals surface area contributed by atoms with E-state index in [1.165, 1.54) is 0 Å². The fourth-order valence-corrected chi connectivity index (χ4v) is 0.707. The molecule has 0 aromatic rings. The van der Waals surface area contributed by atoms with Gasteiger partial charge in [-0.05, 0) is 12.8 Å². The SMILES string of the molecule is CCCOC(=O)C(N)CCC(=O)O. The summed E-state index contributed by atoms with van der Waals surface area (Å²) < 4.78 is 4.73. The first-order valence-electron chi connectivity index (χ1n) is 4.22. The lowest BCUT2D eigenvalue weighted by molar-refractivity contribution is -0.145. The molecule has 0 aliphatic heterocycles. The smallest absolute Gasteiger partial charge is 0.322 e. The third kappa shape index (κ3) is 6.10. The van der Waals surface area contributed by atoms with Gasteiger partial charge >= 0.3 is 11.9 Å². The minimum atomic E-state index is -0.959. The van der Waals surface area contributed by atoms with Gasteiger partial charge in [-0.25, -0.2) is 0 Å². The minimum Gasteiger partial charge on any atom is -0.481 e. The number of hydrogen-bond donors (Lipinski definition) is 2. The Balaban J connectivity index is 3.62. The highest BCUT2D eigenvalue weighted by Crippen LogP contribution is 1.97. The van der Waals surface area contributed by atoms with E-state index in [9.17, 15) is 9.59 Å². The van der Waals surface area contributed by atoms with E-state index in [2.05, 4.69) is 0 Å². The third-order valence-electron chi connectivity index (χ3n) is 1.42. The van der Waals surface area contributed by atoms with E-state index in [1.807, 2.05) is 6.92 Å². The van der Waals surface area contributed by atoms with Crippen LogP contribution in [-0.4, -0.2) is 29.7 Å². The Labute approximate surface area is 76.9 Å². The molecule has 0 fully saturated rings. The van der Waals surface area contributed by atoms with E-state index < -0.39 is 18.0 Å². The number of rotatable bonds is 6. The Morgan fingerprint density at radius 3 is 2.62 bits per heavy atom. The lowest BCUT2D eigenvalue weighted by Gasteiger charge is -2.08. The molecule has 5 heteroatoms. The van der Waals surface area contributed by atoms with Gasteiger partial charge in [-0.1, -0.05) is 6.92 Å². The molecule has 0 amide bonds. The van der Waals surface area contributed by atoms with Crippen LogP contribution in [0.1, 0.15) is 26.2 Å². The summed E-state index contributed by atoms with van der Waals surface area (Å²) in [4.78, 5) is 21.1. The van der Waals surface area contributed by atoms with Crippen molar-refractivity contribution in [3.05, 3.63) is 0 Å². The molecular weight excluding hydrogens is 174 g/mol. The number of carboxylic acid groups (broad SMARTS) is 1. The average Bonchev–Trinajstić information content (AvgIpc) is 2.10. The molecule has 0 radical (unpaired) electrons. The Hall–Kier alpha value is -1.10. The molecule has 0 spiro atoms. The second-order valence-electron chi connectivity index (χ2n) is 2.71. The van der Waals surface area contributed by atoms with Gasteiger partial charge in [0.2, 0.25) is 0 Å². The molecule has 0 aromatic carbocycles. The second kappa shape index (κ2) is 6.42. The van der Waals surface area contributed by atoms with Crippen LogP contribution >= 0.6 is 0 Å². The van der Waals surface area contributed by atoms with Gasteiger partial charge in [0.1, 0.15) is 6.04 Å². The molecule has 1 unspecified atom stereocenters. The fraction of sp³-hybridized carbons (Fsp3) is 0.750. The molecule has 0 aliphatic carbocycles. The second-order valence-corrected chi connectivity index (χ2v) is 2.71. The van der Waals surface area contributed by atoms with Crippen LogP contribution in [0.3, 0.4) is 0 Å². The number of nitrogens with two attached hydrogens (primary N) is 1. The lowest BCUT2D eigenvalue weighted by atomic mass is 10.2. The zero-order valence-electron chi connectivity index (χ0n) is 7.66. The van der Waals surface area contributed by atoms with Gasteiger partial charge in [-0.2, -0.15) is 0 Å². The van der Waals surface area contributed by atoms with Crippen molar-refractivity contribution in [2.75, 3.05) is 6.61 Å². The normalized spacial score (nSPS) is 12.2. The van der Waals surface area contributed by atoms with E-state index in [0.29, 0.717) is 6.61 Å². The highest BCUT2D eigenvalue weighted by Gasteiger charge is 2.15. The average molecular weight is 189 g/mol. The van der Waals surface area contributed by atoms with Gasteiger partial charge < -0.3 is 15.6 Å². The maximum Gasteiger partial charge on any atom is 0.322 e. The van der Waals surface area contributed by atoms with Gasteiger partial charge in [-0.3, -0.25) is 9.59 Å². The summed E-state index contributed by atoms with van der Waals surface area (Å²) >= 11 is 0. The zero-order chi connectivity index (χ0) is 10.3. The molecule has 1 atom stereocenters. The molecule has 0 aromatic heterocycles. The molecule has 13 heavy (non-hydrogen) atoms. The van der Waals surface area contributed by atoms with Crippen LogP contribution in [0, 0.1) is 0 Å². The summed E-state index contributed by atoms with van der Waals surface area (Å²) in [5, 5.41) is 8.31. The molecule has 3 N–H and O–H groups in total. The van der Waals surface area contributed by atoms with Crippen molar-refractivity contribution in [2.24, 2.45) is 5.73 Å². The van der Waals surface area contributed by atoms with Crippen molar-refractivity contribution in [1.82, 2.24) is 0 Å². The van der Waals surface area contributed by atoms with E-state index in [-0.39, 0.29) is 12.8 Å². The van der Waals surface area contributed by atoms with Gasteiger partial charge in [0.25, 0.3) is 0 Å². The van der Waals surface area contributed by atoms with Crippen LogP contribution in [0.15, 0.2) is 0 Å². The summed E-state index contributed by atoms with van der Waals surface area (Å²) in [7, 11) is 0. The summed E-state index contributed by atoms with van der Waals surface area (Å²) in [6.07, 6.45) is 0.748. The van der Waals surface area contributed by atoms with Gasteiger partial charge in [0, 0.05) is 6.42 Å². The third-order valence-corrected chi connectivity index (χ3v) is 1.42. The maximum absolute atomic E-state index is 11.0. The topological polar surface area (TPSA) is 89.6 Å². The number of carboxylic acids is 1.